The minimum Gasteiger partial charge on any atom is -0.505 e. The Hall–Kier alpha value is -3.89. The van der Waals surface area contributed by atoms with Crippen LogP contribution >= 0.6 is 0 Å². The van der Waals surface area contributed by atoms with Crippen molar-refractivity contribution in [1.29, 1.82) is 0 Å². The highest BCUT2D eigenvalue weighted by Crippen LogP contribution is 2.45. The lowest BCUT2D eigenvalue weighted by atomic mass is 10.1. The standard InChI is InChI=1S/C22H23N5O4S/c1-5-8-9-10-14(4)24-27-21-19(32(29,30)31)13-17-16(22(21)28)11-12-18(23)20(17)26-25-15(6-2)7-3/h5-13,28H,1-2,23H2,3-4H3,(H,29,30,31)/b9-8-,14-10+,15-7+,26-25?,27-24?. The molecule has 32 heavy (non-hydrogen) atoms. The molecule has 0 unspecified atom stereocenters. The van der Waals surface area contributed by atoms with Crippen LogP contribution in [-0.2, 0) is 10.1 Å². The largest absolute Gasteiger partial charge is 0.505 e. The lowest BCUT2D eigenvalue weighted by Crippen LogP contribution is -1.99. The van der Waals surface area contributed by atoms with Crippen molar-refractivity contribution < 1.29 is 18.1 Å². The van der Waals surface area contributed by atoms with Crippen LogP contribution in [0.4, 0.5) is 17.1 Å². The number of rotatable bonds is 8. The molecule has 0 aliphatic heterocycles. The van der Waals surface area contributed by atoms with E-state index in [1.165, 1.54) is 18.2 Å². The maximum absolute atomic E-state index is 12.1. The number of phenolic OH excluding ortho intramolecular Hbond substituents is 1. The van der Waals surface area contributed by atoms with Crippen molar-refractivity contribution in [2.24, 2.45) is 20.5 Å². The van der Waals surface area contributed by atoms with Crippen LogP contribution in [0.1, 0.15) is 13.8 Å². The summed E-state index contributed by atoms with van der Waals surface area (Å²) in [6, 6.07) is 4.08. The molecular weight excluding hydrogens is 430 g/mol. The van der Waals surface area contributed by atoms with Crippen LogP contribution in [0, 0.1) is 0 Å². The summed E-state index contributed by atoms with van der Waals surface area (Å²) in [5.41, 5.74) is 6.75. The average molecular weight is 454 g/mol. The van der Waals surface area contributed by atoms with Crippen molar-refractivity contribution in [3.63, 3.8) is 0 Å². The monoisotopic (exact) mass is 453 g/mol. The Morgan fingerprint density at radius 2 is 1.78 bits per heavy atom. The number of fused-ring (bicyclic) bond motifs is 1. The fraction of sp³-hybridized carbons (Fsp3) is 0.0909. The average Bonchev–Trinajstić information content (AvgIpc) is 2.74. The third-order valence-corrected chi connectivity index (χ3v) is 5.04. The molecule has 2 aromatic rings. The van der Waals surface area contributed by atoms with Crippen molar-refractivity contribution in [2.75, 3.05) is 5.73 Å². The topological polar surface area (TPSA) is 150 Å². The molecule has 0 spiro atoms. The van der Waals surface area contributed by atoms with Gasteiger partial charge < -0.3 is 10.8 Å². The Kier molecular flexibility index (Phi) is 7.94. The Bertz CT molecular complexity index is 1320. The maximum atomic E-state index is 12.1. The minimum absolute atomic E-state index is 0.109. The number of hydrogen-bond donors (Lipinski definition) is 3. The van der Waals surface area contributed by atoms with E-state index in [1.807, 2.05) is 0 Å². The van der Waals surface area contributed by atoms with Gasteiger partial charge in [0.15, 0.2) is 5.75 Å². The van der Waals surface area contributed by atoms with Gasteiger partial charge in [-0.15, -0.1) is 10.2 Å². The minimum atomic E-state index is -4.79. The molecule has 0 aliphatic rings. The van der Waals surface area contributed by atoms with Gasteiger partial charge in [0.25, 0.3) is 10.1 Å². The predicted molar refractivity (Wildman–Crippen MR) is 126 cm³/mol. The van der Waals surface area contributed by atoms with Gasteiger partial charge in [0, 0.05) is 10.8 Å². The number of anilines is 1. The molecule has 0 atom stereocenters. The van der Waals surface area contributed by atoms with Gasteiger partial charge in [0.05, 0.1) is 17.1 Å². The quantitative estimate of drug-likeness (QED) is 0.186. The second-order valence-corrected chi connectivity index (χ2v) is 7.78. The van der Waals surface area contributed by atoms with Gasteiger partial charge in [-0.25, -0.2) is 0 Å². The first-order valence-electron chi connectivity index (χ1n) is 9.27. The number of azo groups is 2. The summed E-state index contributed by atoms with van der Waals surface area (Å²) in [5, 5.41) is 27.0. The zero-order valence-electron chi connectivity index (χ0n) is 17.6. The number of aromatic hydroxyl groups is 1. The number of nitrogen functional groups attached to an aromatic ring is 1. The molecule has 2 aromatic carbocycles. The Balaban J connectivity index is 2.81. The molecule has 0 aromatic heterocycles. The number of benzene rings is 2. The molecule has 0 amide bonds. The van der Waals surface area contributed by atoms with Gasteiger partial charge in [0.1, 0.15) is 16.3 Å². The van der Waals surface area contributed by atoms with Crippen molar-refractivity contribution in [3.05, 3.63) is 79.2 Å². The fourth-order valence-corrected chi connectivity index (χ4v) is 3.23. The van der Waals surface area contributed by atoms with E-state index in [9.17, 15) is 18.1 Å². The molecule has 166 valence electrons. The smallest absolute Gasteiger partial charge is 0.296 e. The first kappa shape index (κ1) is 24.4. The van der Waals surface area contributed by atoms with Crippen molar-refractivity contribution in [2.45, 2.75) is 18.7 Å². The normalized spacial score (nSPS) is 13.6. The Morgan fingerprint density at radius 1 is 1.09 bits per heavy atom. The van der Waals surface area contributed by atoms with Crippen LogP contribution in [0.15, 0.2) is 105 Å². The lowest BCUT2D eigenvalue weighted by molar-refractivity contribution is 0.472. The first-order valence-corrected chi connectivity index (χ1v) is 10.7. The van der Waals surface area contributed by atoms with Crippen LogP contribution in [0.2, 0.25) is 0 Å². The van der Waals surface area contributed by atoms with Crippen LogP contribution in [-0.4, -0.2) is 18.1 Å². The van der Waals surface area contributed by atoms with E-state index in [4.69, 9.17) is 5.73 Å². The highest BCUT2D eigenvalue weighted by molar-refractivity contribution is 7.86. The molecule has 0 fully saturated rings. The van der Waals surface area contributed by atoms with Crippen LogP contribution in [0.5, 0.6) is 5.75 Å². The van der Waals surface area contributed by atoms with E-state index in [0.29, 0.717) is 11.4 Å². The lowest BCUT2D eigenvalue weighted by Gasteiger charge is -2.11. The molecule has 10 heteroatoms. The Labute approximate surface area is 186 Å². The molecule has 0 saturated heterocycles. The summed E-state index contributed by atoms with van der Waals surface area (Å²) in [6.07, 6.45) is 9.65. The van der Waals surface area contributed by atoms with Crippen molar-refractivity contribution in [3.8, 4) is 5.75 Å². The summed E-state index contributed by atoms with van der Waals surface area (Å²) < 4.78 is 33.9. The first-order chi connectivity index (χ1) is 15.1. The third kappa shape index (κ3) is 5.62. The van der Waals surface area contributed by atoms with Gasteiger partial charge in [0.2, 0.25) is 0 Å². The molecule has 0 radical (unpaired) electrons. The summed E-state index contributed by atoms with van der Waals surface area (Å²) in [6.45, 7) is 10.5. The van der Waals surface area contributed by atoms with Crippen LogP contribution < -0.4 is 5.73 Å². The highest BCUT2D eigenvalue weighted by Gasteiger charge is 2.23. The van der Waals surface area contributed by atoms with Crippen molar-refractivity contribution in [1.82, 2.24) is 0 Å². The number of nitrogens with two attached hydrogens (primary N) is 1. The zero-order valence-corrected chi connectivity index (χ0v) is 18.4. The van der Waals surface area contributed by atoms with E-state index < -0.39 is 26.5 Å². The fourth-order valence-electron chi connectivity index (χ4n) is 2.59. The SMILES string of the molecule is C=C/C=C\C=C(/C)N=Nc1c(S(=O)(=O)O)cc2c(N=N/C(C=C)=C/C)c(N)ccc2c1O. The molecule has 4 N–H and O–H groups in total. The number of hydrogen-bond acceptors (Lipinski definition) is 8. The van der Waals surface area contributed by atoms with Gasteiger partial charge in [-0.1, -0.05) is 37.5 Å². The highest BCUT2D eigenvalue weighted by atomic mass is 32.2. The number of allylic oxidation sites excluding steroid dienone is 7. The van der Waals surface area contributed by atoms with Crippen LogP contribution in [0.25, 0.3) is 10.8 Å². The second-order valence-electron chi connectivity index (χ2n) is 6.39. The predicted octanol–water partition coefficient (Wildman–Crippen LogP) is 6.28. The molecule has 0 aliphatic carbocycles. The van der Waals surface area contributed by atoms with Crippen molar-refractivity contribution >= 4 is 38.0 Å². The van der Waals surface area contributed by atoms with Gasteiger partial charge in [-0.05, 0) is 44.2 Å². The van der Waals surface area contributed by atoms with Gasteiger partial charge >= 0.3 is 0 Å². The van der Waals surface area contributed by atoms with E-state index in [2.05, 4.69) is 33.6 Å². The molecule has 2 rings (SSSR count). The van der Waals surface area contributed by atoms with Gasteiger partial charge in [-0.2, -0.15) is 18.6 Å². The summed E-state index contributed by atoms with van der Waals surface area (Å²) >= 11 is 0. The molecule has 9 nitrogen and oxygen atoms in total. The second kappa shape index (κ2) is 10.4. The number of phenols is 1. The molecule has 0 heterocycles. The third-order valence-electron chi connectivity index (χ3n) is 4.18. The molecule has 0 bridgehead atoms. The molecule has 0 saturated carbocycles. The van der Waals surface area contributed by atoms with E-state index >= 15 is 0 Å². The van der Waals surface area contributed by atoms with Gasteiger partial charge in [-0.3, -0.25) is 4.55 Å². The van der Waals surface area contributed by atoms with E-state index in [0.717, 1.165) is 6.07 Å². The summed E-state index contributed by atoms with van der Waals surface area (Å²) in [7, 11) is -4.79. The number of nitrogens with zero attached hydrogens (tertiary/aromatic N) is 4. The van der Waals surface area contributed by atoms with E-state index in [-0.39, 0.29) is 22.1 Å². The summed E-state index contributed by atoms with van der Waals surface area (Å²) in [4.78, 5) is -0.655. The maximum Gasteiger partial charge on any atom is 0.296 e. The summed E-state index contributed by atoms with van der Waals surface area (Å²) in [5.74, 6) is -0.514. The molecular formula is C22H23N5O4S. The Morgan fingerprint density at radius 3 is 2.38 bits per heavy atom. The van der Waals surface area contributed by atoms with Crippen LogP contribution in [0.3, 0.4) is 0 Å². The van der Waals surface area contributed by atoms with E-state index in [1.54, 1.807) is 44.2 Å². The zero-order chi connectivity index (χ0) is 23.9.